The first kappa shape index (κ1) is 19.1. The van der Waals surface area contributed by atoms with Crippen molar-refractivity contribution in [2.24, 2.45) is 5.41 Å². The van der Waals surface area contributed by atoms with Crippen LogP contribution in [0.2, 0.25) is 0 Å². The summed E-state index contributed by atoms with van der Waals surface area (Å²) in [5.41, 5.74) is 2.22. The van der Waals surface area contributed by atoms with Gasteiger partial charge in [0, 0.05) is 17.8 Å². The lowest BCUT2D eigenvalue weighted by molar-refractivity contribution is 0.0321. The van der Waals surface area contributed by atoms with E-state index in [0.29, 0.717) is 11.8 Å². The van der Waals surface area contributed by atoms with Crippen LogP contribution in [0.25, 0.3) is 11.1 Å². The Hall–Kier alpha value is -2.66. The zero-order valence-electron chi connectivity index (χ0n) is 15.8. The van der Waals surface area contributed by atoms with Gasteiger partial charge in [-0.05, 0) is 35.5 Å². The average molecular weight is 381 g/mol. The van der Waals surface area contributed by atoms with Crippen LogP contribution in [-0.2, 0) is 4.74 Å². The molecule has 3 rings (SSSR count). The first-order valence-electron chi connectivity index (χ1n) is 8.91. The third-order valence-electron chi connectivity index (χ3n) is 4.29. The molecule has 0 aliphatic carbocycles. The Morgan fingerprint density at radius 2 is 1.70 bits per heavy atom. The van der Waals surface area contributed by atoms with Gasteiger partial charge in [-0.2, -0.15) is 0 Å². The molecule has 1 atom stereocenters. The van der Waals surface area contributed by atoms with Gasteiger partial charge < -0.3 is 9.47 Å². The zero-order chi connectivity index (χ0) is 19.3. The fourth-order valence-electron chi connectivity index (χ4n) is 2.56. The van der Waals surface area contributed by atoms with E-state index in [1.54, 1.807) is 23.3 Å². The van der Waals surface area contributed by atoms with Gasteiger partial charge in [0.25, 0.3) is 5.17 Å². The van der Waals surface area contributed by atoms with Crippen molar-refractivity contribution >= 4 is 17.4 Å². The Kier molecular flexibility index (Phi) is 5.91. The molecule has 0 aliphatic heterocycles. The molecule has 1 unspecified atom stereocenters. The summed E-state index contributed by atoms with van der Waals surface area (Å²) in [4.78, 5) is 4.00. The second-order valence-corrected chi connectivity index (χ2v) is 7.76. The SMILES string of the molecule is CC(C)(C)C(COc1ccc(-c2ccccc2)cc1)OC(=S)n1ccnc1. The van der Waals surface area contributed by atoms with Gasteiger partial charge in [-0.15, -0.1) is 0 Å². The topological polar surface area (TPSA) is 36.3 Å². The molecule has 5 heteroatoms. The van der Waals surface area contributed by atoms with E-state index in [1.807, 2.05) is 30.3 Å². The number of rotatable bonds is 5. The summed E-state index contributed by atoms with van der Waals surface area (Å²) in [6, 6.07) is 18.4. The predicted molar refractivity (Wildman–Crippen MR) is 112 cm³/mol. The van der Waals surface area contributed by atoms with Crippen LogP contribution in [0.3, 0.4) is 0 Å². The minimum atomic E-state index is -0.193. The maximum atomic E-state index is 6.00. The number of imidazole rings is 1. The van der Waals surface area contributed by atoms with E-state index in [0.717, 1.165) is 11.3 Å². The van der Waals surface area contributed by atoms with Crippen molar-refractivity contribution in [1.29, 1.82) is 0 Å². The number of hydrogen-bond acceptors (Lipinski definition) is 4. The van der Waals surface area contributed by atoms with Crippen LogP contribution in [0, 0.1) is 5.41 Å². The van der Waals surface area contributed by atoms with E-state index >= 15 is 0 Å². The average Bonchev–Trinajstić information content (AvgIpc) is 3.20. The lowest BCUT2D eigenvalue weighted by Crippen LogP contribution is -2.37. The Morgan fingerprint density at radius 3 is 2.30 bits per heavy atom. The summed E-state index contributed by atoms with van der Waals surface area (Å²) in [7, 11) is 0. The summed E-state index contributed by atoms with van der Waals surface area (Å²) in [5, 5.41) is 0.371. The highest BCUT2D eigenvalue weighted by Crippen LogP contribution is 2.26. The van der Waals surface area contributed by atoms with Gasteiger partial charge in [-0.25, -0.2) is 4.98 Å². The largest absolute Gasteiger partial charge is 0.490 e. The van der Waals surface area contributed by atoms with Crippen LogP contribution in [0.5, 0.6) is 5.75 Å². The number of thiocarbonyl (C=S) groups is 1. The minimum absolute atomic E-state index is 0.130. The van der Waals surface area contributed by atoms with Crippen LogP contribution in [0.1, 0.15) is 20.8 Å². The lowest BCUT2D eigenvalue weighted by Gasteiger charge is -2.31. The van der Waals surface area contributed by atoms with Gasteiger partial charge in [0.2, 0.25) is 0 Å². The van der Waals surface area contributed by atoms with Crippen LogP contribution in [0.4, 0.5) is 0 Å². The first-order chi connectivity index (χ1) is 12.9. The molecule has 1 heterocycles. The molecule has 1 aromatic heterocycles. The van der Waals surface area contributed by atoms with Crippen molar-refractivity contribution in [3.8, 4) is 16.9 Å². The van der Waals surface area contributed by atoms with Gasteiger partial charge in [0.15, 0.2) is 0 Å². The second kappa shape index (κ2) is 8.35. The van der Waals surface area contributed by atoms with Crippen molar-refractivity contribution in [3.63, 3.8) is 0 Å². The standard InChI is InChI=1S/C22H24N2O2S/c1-22(2,3)20(26-21(27)24-14-13-23-16-24)15-25-19-11-9-18(10-12-19)17-7-5-4-6-8-17/h4-14,16,20H,15H2,1-3H3. The number of ether oxygens (including phenoxy) is 2. The van der Waals surface area contributed by atoms with E-state index in [4.69, 9.17) is 21.7 Å². The van der Waals surface area contributed by atoms with E-state index in [-0.39, 0.29) is 11.5 Å². The quantitative estimate of drug-likeness (QED) is 0.571. The third kappa shape index (κ3) is 5.17. The molecule has 2 aromatic carbocycles. The summed E-state index contributed by atoms with van der Waals surface area (Å²) in [5.74, 6) is 0.807. The van der Waals surface area contributed by atoms with E-state index in [2.05, 4.69) is 50.0 Å². The highest BCUT2D eigenvalue weighted by Gasteiger charge is 2.28. The summed E-state index contributed by atoms with van der Waals surface area (Å²) in [6.07, 6.45) is 4.88. The molecule has 4 nitrogen and oxygen atoms in total. The van der Waals surface area contributed by atoms with Crippen molar-refractivity contribution in [3.05, 3.63) is 73.3 Å². The first-order valence-corrected chi connectivity index (χ1v) is 9.31. The molecule has 0 saturated heterocycles. The normalized spacial score (nSPS) is 12.4. The van der Waals surface area contributed by atoms with E-state index in [1.165, 1.54) is 5.56 Å². The molecule has 0 radical (unpaired) electrons. The van der Waals surface area contributed by atoms with Crippen LogP contribution in [-0.4, -0.2) is 27.4 Å². The molecule has 0 aliphatic rings. The molecule has 27 heavy (non-hydrogen) atoms. The fourth-order valence-corrected chi connectivity index (χ4v) is 2.78. The van der Waals surface area contributed by atoms with Crippen LogP contribution in [0.15, 0.2) is 73.3 Å². The third-order valence-corrected chi connectivity index (χ3v) is 4.59. The van der Waals surface area contributed by atoms with E-state index < -0.39 is 0 Å². The molecule has 0 fully saturated rings. The van der Waals surface area contributed by atoms with Crippen molar-refractivity contribution in [2.45, 2.75) is 26.9 Å². The van der Waals surface area contributed by atoms with Gasteiger partial charge in [-0.3, -0.25) is 4.57 Å². The monoisotopic (exact) mass is 380 g/mol. The summed E-state index contributed by atoms with van der Waals surface area (Å²) >= 11 is 5.37. The lowest BCUT2D eigenvalue weighted by atomic mass is 9.89. The Labute approximate surface area is 165 Å². The molecule has 0 spiro atoms. The summed E-state index contributed by atoms with van der Waals surface area (Å²) < 4.78 is 13.7. The van der Waals surface area contributed by atoms with Gasteiger partial charge in [0.1, 0.15) is 24.8 Å². The van der Waals surface area contributed by atoms with Crippen molar-refractivity contribution in [2.75, 3.05) is 6.61 Å². The maximum Gasteiger partial charge on any atom is 0.269 e. The Balaban J connectivity index is 1.64. The summed E-state index contributed by atoms with van der Waals surface area (Å²) in [6.45, 7) is 6.73. The number of hydrogen-bond donors (Lipinski definition) is 0. The van der Waals surface area contributed by atoms with Gasteiger partial charge in [0.05, 0.1) is 0 Å². The number of aromatic nitrogens is 2. The van der Waals surface area contributed by atoms with Crippen LogP contribution >= 0.6 is 12.2 Å². The Morgan fingerprint density at radius 1 is 1.04 bits per heavy atom. The molecular formula is C22H24N2O2S. The smallest absolute Gasteiger partial charge is 0.269 e. The van der Waals surface area contributed by atoms with Gasteiger partial charge in [-0.1, -0.05) is 63.2 Å². The minimum Gasteiger partial charge on any atom is -0.490 e. The maximum absolute atomic E-state index is 6.00. The molecule has 0 saturated carbocycles. The van der Waals surface area contributed by atoms with Crippen molar-refractivity contribution < 1.29 is 9.47 Å². The fraction of sp³-hybridized carbons (Fsp3) is 0.273. The number of nitrogens with zero attached hydrogens (tertiary/aromatic N) is 2. The molecule has 0 amide bonds. The van der Waals surface area contributed by atoms with Gasteiger partial charge >= 0.3 is 0 Å². The zero-order valence-corrected chi connectivity index (χ0v) is 16.6. The highest BCUT2D eigenvalue weighted by atomic mass is 32.1. The molecular weight excluding hydrogens is 356 g/mol. The molecule has 3 aromatic rings. The van der Waals surface area contributed by atoms with E-state index in [9.17, 15) is 0 Å². The molecule has 0 N–H and O–H groups in total. The predicted octanol–water partition coefficient (Wildman–Crippen LogP) is 5.19. The molecule has 0 bridgehead atoms. The second-order valence-electron chi connectivity index (χ2n) is 7.41. The molecule has 140 valence electrons. The number of benzene rings is 2. The van der Waals surface area contributed by atoms with Crippen molar-refractivity contribution in [1.82, 2.24) is 9.55 Å². The van der Waals surface area contributed by atoms with Crippen LogP contribution < -0.4 is 4.74 Å². The Bertz CT molecular complexity index is 854. The highest BCUT2D eigenvalue weighted by molar-refractivity contribution is 7.80.